The third-order valence-electron chi connectivity index (χ3n) is 3.12. The van der Waals surface area contributed by atoms with Crippen LogP contribution in [0, 0.1) is 0 Å². The first-order valence-electron chi connectivity index (χ1n) is 6.13. The minimum Gasteiger partial charge on any atom is -0.378 e. The Morgan fingerprint density at radius 3 is 2.56 bits per heavy atom. The molecule has 0 aromatic heterocycles. The van der Waals surface area contributed by atoms with Crippen molar-refractivity contribution in [2.24, 2.45) is 5.73 Å². The Kier molecular flexibility index (Phi) is 4.49. The molecule has 0 aliphatic carbocycles. The highest BCUT2D eigenvalue weighted by Gasteiger charge is 2.20. The van der Waals surface area contributed by atoms with Gasteiger partial charge in [0, 0.05) is 18.8 Å². The fraction of sp³-hybridized carbons (Fsp3) is 0.538. The molecule has 1 aromatic rings. The van der Waals surface area contributed by atoms with Gasteiger partial charge in [-0.05, 0) is 18.1 Å². The molecule has 1 aliphatic heterocycles. The number of benzene rings is 1. The van der Waals surface area contributed by atoms with E-state index in [1.54, 1.807) is 0 Å². The van der Waals surface area contributed by atoms with E-state index >= 15 is 0 Å². The second-order valence-corrected chi connectivity index (χ2v) is 4.43. The van der Waals surface area contributed by atoms with Gasteiger partial charge in [-0.15, -0.1) is 0 Å². The maximum Gasteiger partial charge on any atom is 0.253 e. The van der Waals surface area contributed by atoms with Crippen molar-refractivity contribution in [3.63, 3.8) is 0 Å². The lowest BCUT2D eigenvalue weighted by molar-refractivity contribution is 0.115. The van der Waals surface area contributed by atoms with E-state index in [1.165, 1.54) is 0 Å². The molecule has 1 aromatic carbocycles. The summed E-state index contributed by atoms with van der Waals surface area (Å²) in [5.74, 6) is 0. The second-order valence-electron chi connectivity index (χ2n) is 4.43. The summed E-state index contributed by atoms with van der Waals surface area (Å²) in [6.45, 7) is 2.94. The molecule has 0 saturated carbocycles. The molecule has 100 valence electrons. The zero-order valence-corrected chi connectivity index (χ0v) is 10.2. The van der Waals surface area contributed by atoms with Crippen LogP contribution in [0.25, 0.3) is 0 Å². The molecule has 1 aliphatic rings. The highest BCUT2D eigenvalue weighted by atomic mass is 19.3. The van der Waals surface area contributed by atoms with Crippen LogP contribution in [0.1, 0.15) is 5.56 Å². The summed E-state index contributed by atoms with van der Waals surface area (Å²) >= 11 is 0. The van der Waals surface area contributed by atoms with Crippen molar-refractivity contribution in [1.82, 2.24) is 0 Å². The van der Waals surface area contributed by atoms with Gasteiger partial charge in [0.1, 0.15) is 0 Å². The molecule has 5 heteroatoms. The number of halogens is 2. The third-order valence-corrected chi connectivity index (χ3v) is 3.12. The molecule has 1 atom stereocenters. The maximum atomic E-state index is 12.5. The lowest BCUT2D eigenvalue weighted by Gasteiger charge is -2.31. The first-order chi connectivity index (χ1) is 8.68. The van der Waals surface area contributed by atoms with E-state index in [0.717, 1.165) is 24.3 Å². The molecule has 3 nitrogen and oxygen atoms in total. The van der Waals surface area contributed by atoms with E-state index in [4.69, 9.17) is 10.5 Å². The zero-order valence-electron chi connectivity index (χ0n) is 10.2. The molecular formula is C13H18F2N2O. The summed E-state index contributed by atoms with van der Waals surface area (Å²) in [5, 5.41) is 0. The minimum atomic E-state index is -2.48. The summed E-state index contributed by atoms with van der Waals surface area (Å²) in [6, 6.07) is 6.50. The molecule has 1 saturated heterocycles. The van der Waals surface area contributed by atoms with Crippen LogP contribution in [-0.4, -0.2) is 38.8 Å². The highest BCUT2D eigenvalue weighted by Crippen LogP contribution is 2.23. The molecule has 1 unspecified atom stereocenters. The lowest BCUT2D eigenvalue weighted by atomic mass is 10.0. The van der Waals surface area contributed by atoms with E-state index in [1.807, 2.05) is 24.3 Å². The molecular weight excluding hydrogens is 238 g/mol. The number of nitrogens with zero attached hydrogens (tertiary/aromatic N) is 1. The highest BCUT2D eigenvalue weighted by molar-refractivity contribution is 5.54. The molecule has 1 heterocycles. The molecule has 0 bridgehead atoms. The molecule has 0 radical (unpaired) electrons. The average Bonchev–Trinajstić information content (AvgIpc) is 2.40. The number of rotatable bonds is 4. The topological polar surface area (TPSA) is 38.5 Å². The Balaban J connectivity index is 2.14. The van der Waals surface area contributed by atoms with E-state index < -0.39 is 12.5 Å². The number of hydrogen-bond donors (Lipinski definition) is 1. The summed E-state index contributed by atoms with van der Waals surface area (Å²) in [6.07, 6.45) is -2.28. The van der Waals surface area contributed by atoms with Crippen molar-refractivity contribution in [3.8, 4) is 0 Å². The van der Waals surface area contributed by atoms with E-state index in [2.05, 4.69) is 4.90 Å². The number of morpholine rings is 1. The largest absolute Gasteiger partial charge is 0.378 e. The number of para-hydroxylation sites is 1. The summed E-state index contributed by atoms with van der Waals surface area (Å²) in [7, 11) is 0. The number of anilines is 1. The van der Waals surface area contributed by atoms with Gasteiger partial charge in [0.25, 0.3) is 6.43 Å². The Morgan fingerprint density at radius 2 is 1.89 bits per heavy atom. The van der Waals surface area contributed by atoms with E-state index in [-0.39, 0.29) is 6.42 Å². The molecule has 1 fully saturated rings. The third kappa shape index (κ3) is 3.17. The molecule has 2 N–H and O–H groups in total. The number of ether oxygens (including phenoxy) is 1. The van der Waals surface area contributed by atoms with E-state index in [9.17, 15) is 8.78 Å². The van der Waals surface area contributed by atoms with Gasteiger partial charge in [0.05, 0.1) is 19.3 Å². The van der Waals surface area contributed by atoms with Gasteiger partial charge in [-0.3, -0.25) is 0 Å². The van der Waals surface area contributed by atoms with Crippen molar-refractivity contribution < 1.29 is 13.5 Å². The van der Waals surface area contributed by atoms with Crippen LogP contribution in [0.5, 0.6) is 0 Å². The van der Waals surface area contributed by atoms with Gasteiger partial charge in [-0.2, -0.15) is 0 Å². The summed E-state index contributed by atoms with van der Waals surface area (Å²) in [4.78, 5) is 2.16. The van der Waals surface area contributed by atoms with Gasteiger partial charge in [-0.25, -0.2) is 8.78 Å². The number of hydrogen-bond acceptors (Lipinski definition) is 3. The first-order valence-corrected chi connectivity index (χ1v) is 6.13. The smallest absolute Gasteiger partial charge is 0.253 e. The quantitative estimate of drug-likeness (QED) is 0.890. The minimum absolute atomic E-state index is 0.200. The fourth-order valence-electron chi connectivity index (χ4n) is 2.14. The van der Waals surface area contributed by atoms with Crippen LogP contribution in [0.4, 0.5) is 14.5 Å². The van der Waals surface area contributed by atoms with Crippen molar-refractivity contribution in [2.75, 3.05) is 31.2 Å². The monoisotopic (exact) mass is 256 g/mol. The average molecular weight is 256 g/mol. The van der Waals surface area contributed by atoms with Crippen LogP contribution < -0.4 is 10.6 Å². The lowest BCUT2D eigenvalue weighted by Crippen LogP contribution is -2.37. The standard InChI is InChI=1S/C13H18F2N2O/c14-13(15)11(16)9-10-3-1-2-4-12(10)17-5-7-18-8-6-17/h1-4,11,13H,5-9,16H2. The van der Waals surface area contributed by atoms with E-state index in [0.29, 0.717) is 13.2 Å². The Morgan fingerprint density at radius 1 is 1.22 bits per heavy atom. The Labute approximate surface area is 106 Å². The van der Waals surface area contributed by atoms with Crippen molar-refractivity contribution >= 4 is 5.69 Å². The first kappa shape index (κ1) is 13.2. The van der Waals surface area contributed by atoms with Gasteiger partial charge in [0.2, 0.25) is 0 Å². The van der Waals surface area contributed by atoms with Gasteiger partial charge in [-0.1, -0.05) is 18.2 Å². The molecule has 0 spiro atoms. The molecule has 0 amide bonds. The predicted octanol–water partition coefficient (Wildman–Crippen LogP) is 1.66. The summed E-state index contributed by atoms with van der Waals surface area (Å²) in [5.41, 5.74) is 7.33. The predicted molar refractivity (Wildman–Crippen MR) is 67.2 cm³/mol. The van der Waals surface area contributed by atoms with Crippen molar-refractivity contribution in [3.05, 3.63) is 29.8 Å². The molecule has 2 rings (SSSR count). The van der Waals surface area contributed by atoms with Gasteiger partial charge in [0.15, 0.2) is 0 Å². The van der Waals surface area contributed by atoms with Gasteiger partial charge >= 0.3 is 0 Å². The SMILES string of the molecule is NC(Cc1ccccc1N1CCOCC1)C(F)F. The van der Waals surface area contributed by atoms with Crippen LogP contribution in [0.15, 0.2) is 24.3 Å². The number of alkyl halides is 2. The van der Waals surface area contributed by atoms with Crippen LogP contribution in [-0.2, 0) is 11.2 Å². The zero-order chi connectivity index (χ0) is 13.0. The van der Waals surface area contributed by atoms with Gasteiger partial charge < -0.3 is 15.4 Å². The Hall–Kier alpha value is -1.20. The molecule has 18 heavy (non-hydrogen) atoms. The van der Waals surface area contributed by atoms with Crippen molar-refractivity contribution in [1.29, 1.82) is 0 Å². The van der Waals surface area contributed by atoms with Crippen LogP contribution in [0.2, 0.25) is 0 Å². The maximum absolute atomic E-state index is 12.5. The van der Waals surface area contributed by atoms with Crippen molar-refractivity contribution in [2.45, 2.75) is 18.9 Å². The Bertz CT molecular complexity index is 381. The van der Waals surface area contributed by atoms with Crippen LogP contribution >= 0.6 is 0 Å². The fourth-order valence-corrected chi connectivity index (χ4v) is 2.14. The second kappa shape index (κ2) is 6.11. The number of nitrogens with two attached hydrogens (primary N) is 1. The summed E-state index contributed by atoms with van der Waals surface area (Å²) < 4.78 is 30.4. The normalized spacial score (nSPS) is 18.1. The van der Waals surface area contributed by atoms with Crippen LogP contribution in [0.3, 0.4) is 0 Å².